The summed E-state index contributed by atoms with van der Waals surface area (Å²) in [6.07, 6.45) is -2.15. The van der Waals surface area contributed by atoms with Crippen LogP contribution in [-0.4, -0.2) is 22.9 Å². The highest BCUT2D eigenvalue weighted by Crippen LogP contribution is 2.11. The Hall–Kier alpha value is -1.62. The molecule has 0 radical (unpaired) electrons. The predicted molar refractivity (Wildman–Crippen MR) is 47.4 cm³/mol. The molecule has 0 aliphatic carbocycles. The third kappa shape index (κ3) is 3.02. The van der Waals surface area contributed by atoms with Crippen molar-refractivity contribution in [1.29, 1.82) is 0 Å². The van der Waals surface area contributed by atoms with E-state index < -0.39 is 18.0 Å². The molecular formula is C9H10FNO3. The lowest BCUT2D eigenvalue weighted by atomic mass is 10.1. The molecule has 14 heavy (non-hydrogen) atoms. The number of rotatable bonds is 3. The quantitative estimate of drug-likeness (QED) is 0.683. The van der Waals surface area contributed by atoms with Gasteiger partial charge in [-0.25, -0.2) is 9.18 Å². The molecule has 1 aromatic carbocycles. The average molecular weight is 199 g/mol. The number of nitrogens with one attached hydrogen (secondary N) is 1. The van der Waals surface area contributed by atoms with Gasteiger partial charge in [0.05, 0.1) is 12.6 Å². The van der Waals surface area contributed by atoms with Crippen LogP contribution >= 0.6 is 0 Å². The van der Waals surface area contributed by atoms with Crippen LogP contribution < -0.4 is 5.32 Å². The number of carbonyl (C=O) groups is 1. The van der Waals surface area contributed by atoms with Crippen LogP contribution in [0.1, 0.15) is 11.7 Å². The smallest absolute Gasteiger partial charge is 0.404 e. The molecule has 0 aromatic heterocycles. The second kappa shape index (κ2) is 4.57. The number of carboxylic acid groups (broad SMARTS) is 1. The molecular weight excluding hydrogens is 189 g/mol. The maximum Gasteiger partial charge on any atom is 0.404 e. The Labute approximate surface area is 80.0 Å². The molecule has 3 N–H and O–H groups in total. The standard InChI is InChI=1S/C9H10FNO3/c10-7-3-1-6(2-4-7)8(12)5-11-9(13)14/h1-4,8,11-12H,5H2,(H,13,14)/t8-/m1/s1. The number of aliphatic hydroxyl groups excluding tert-OH is 1. The van der Waals surface area contributed by atoms with Crippen LogP contribution in [0.2, 0.25) is 0 Å². The van der Waals surface area contributed by atoms with Crippen LogP contribution in [0, 0.1) is 5.82 Å². The number of hydrogen-bond acceptors (Lipinski definition) is 2. The molecule has 0 saturated heterocycles. The first-order valence-corrected chi connectivity index (χ1v) is 4.00. The Bertz CT molecular complexity index is 312. The SMILES string of the molecule is O=C(O)NC[C@@H](O)c1ccc(F)cc1. The van der Waals surface area contributed by atoms with Gasteiger partial charge in [-0.15, -0.1) is 0 Å². The van der Waals surface area contributed by atoms with Crippen molar-refractivity contribution in [2.24, 2.45) is 0 Å². The molecule has 0 heterocycles. The van der Waals surface area contributed by atoms with Crippen LogP contribution in [0.3, 0.4) is 0 Å². The van der Waals surface area contributed by atoms with Crippen LogP contribution in [-0.2, 0) is 0 Å². The normalized spacial score (nSPS) is 12.1. The molecule has 0 aliphatic rings. The summed E-state index contributed by atoms with van der Waals surface area (Å²) in [5.74, 6) is -0.396. The summed E-state index contributed by atoms with van der Waals surface area (Å²) in [6.45, 7) is -0.110. The Kier molecular flexibility index (Phi) is 3.41. The second-order valence-electron chi connectivity index (χ2n) is 2.75. The van der Waals surface area contributed by atoms with Gasteiger partial charge in [0.15, 0.2) is 0 Å². The van der Waals surface area contributed by atoms with E-state index in [2.05, 4.69) is 0 Å². The molecule has 5 heteroatoms. The first-order chi connectivity index (χ1) is 6.59. The first-order valence-electron chi connectivity index (χ1n) is 4.00. The maximum absolute atomic E-state index is 12.5. The van der Waals surface area contributed by atoms with Gasteiger partial charge in [0.25, 0.3) is 0 Å². The fourth-order valence-corrected chi connectivity index (χ4v) is 0.987. The van der Waals surface area contributed by atoms with E-state index in [0.29, 0.717) is 5.56 Å². The molecule has 0 spiro atoms. The second-order valence-corrected chi connectivity index (χ2v) is 2.75. The van der Waals surface area contributed by atoms with Gasteiger partial charge in [-0.05, 0) is 17.7 Å². The summed E-state index contributed by atoms with van der Waals surface area (Å²) in [5, 5.41) is 19.7. The molecule has 1 atom stereocenters. The molecule has 1 aromatic rings. The van der Waals surface area contributed by atoms with E-state index >= 15 is 0 Å². The first kappa shape index (κ1) is 10.5. The van der Waals surface area contributed by atoms with E-state index in [1.54, 1.807) is 0 Å². The maximum atomic E-state index is 12.5. The predicted octanol–water partition coefficient (Wildman–Crippen LogP) is 1.13. The minimum atomic E-state index is -1.20. The Morgan fingerprint density at radius 3 is 2.50 bits per heavy atom. The number of aliphatic hydroxyl groups is 1. The van der Waals surface area contributed by atoms with Crippen molar-refractivity contribution in [2.45, 2.75) is 6.10 Å². The number of hydrogen-bond donors (Lipinski definition) is 3. The summed E-state index contributed by atoms with van der Waals surface area (Å²) in [5.41, 5.74) is 0.472. The topological polar surface area (TPSA) is 69.6 Å². The summed E-state index contributed by atoms with van der Waals surface area (Å²) < 4.78 is 12.5. The van der Waals surface area contributed by atoms with E-state index in [1.165, 1.54) is 24.3 Å². The molecule has 4 nitrogen and oxygen atoms in total. The van der Waals surface area contributed by atoms with Gasteiger partial charge in [-0.1, -0.05) is 12.1 Å². The van der Waals surface area contributed by atoms with Crippen LogP contribution in [0.5, 0.6) is 0 Å². The van der Waals surface area contributed by atoms with Crippen LogP contribution in [0.25, 0.3) is 0 Å². The lowest BCUT2D eigenvalue weighted by Crippen LogP contribution is -2.26. The summed E-state index contributed by atoms with van der Waals surface area (Å²) >= 11 is 0. The lowest BCUT2D eigenvalue weighted by molar-refractivity contribution is 0.159. The molecule has 1 amide bonds. The van der Waals surface area contributed by atoms with Crippen molar-refractivity contribution in [1.82, 2.24) is 5.32 Å². The molecule has 0 fully saturated rings. The lowest BCUT2D eigenvalue weighted by Gasteiger charge is -2.10. The van der Waals surface area contributed by atoms with Crippen molar-refractivity contribution < 1.29 is 19.4 Å². The minimum absolute atomic E-state index is 0.110. The van der Waals surface area contributed by atoms with Crippen LogP contribution in [0.15, 0.2) is 24.3 Å². The molecule has 0 saturated carbocycles. The largest absolute Gasteiger partial charge is 0.465 e. The van der Waals surface area contributed by atoms with E-state index in [9.17, 15) is 14.3 Å². The van der Waals surface area contributed by atoms with Gasteiger partial charge in [0, 0.05) is 0 Å². The monoisotopic (exact) mass is 199 g/mol. The summed E-state index contributed by atoms with van der Waals surface area (Å²) in [4.78, 5) is 10.1. The highest BCUT2D eigenvalue weighted by Gasteiger charge is 2.08. The molecule has 0 bridgehead atoms. The summed E-state index contributed by atoms with van der Waals surface area (Å²) in [6, 6.07) is 5.23. The molecule has 0 unspecified atom stereocenters. The fourth-order valence-electron chi connectivity index (χ4n) is 0.987. The van der Waals surface area contributed by atoms with Gasteiger partial charge in [0.2, 0.25) is 0 Å². The number of halogens is 1. The average Bonchev–Trinajstić information content (AvgIpc) is 2.15. The Morgan fingerprint density at radius 2 is 2.00 bits per heavy atom. The van der Waals surface area contributed by atoms with Gasteiger partial charge >= 0.3 is 6.09 Å². The van der Waals surface area contributed by atoms with Crippen molar-refractivity contribution in [2.75, 3.05) is 6.54 Å². The highest BCUT2D eigenvalue weighted by atomic mass is 19.1. The van der Waals surface area contributed by atoms with Crippen molar-refractivity contribution >= 4 is 6.09 Å². The minimum Gasteiger partial charge on any atom is -0.465 e. The van der Waals surface area contributed by atoms with Crippen LogP contribution in [0.4, 0.5) is 9.18 Å². The third-order valence-corrected chi connectivity index (χ3v) is 1.70. The van der Waals surface area contributed by atoms with Crippen molar-refractivity contribution in [3.8, 4) is 0 Å². The zero-order chi connectivity index (χ0) is 10.6. The van der Waals surface area contributed by atoms with E-state index in [-0.39, 0.29) is 6.54 Å². The van der Waals surface area contributed by atoms with E-state index in [0.717, 1.165) is 0 Å². The van der Waals surface area contributed by atoms with Gasteiger partial charge in [0.1, 0.15) is 5.82 Å². The van der Waals surface area contributed by atoms with Gasteiger partial charge < -0.3 is 15.5 Å². The fraction of sp³-hybridized carbons (Fsp3) is 0.222. The molecule has 0 aliphatic heterocycles. The van der Waals surface area contributed by atoms with Crippen molar-refractivity contribution in [3.63, 3.8) is 0 Å². The zero-order valence-electron chi connectivity index (χ0n) is 7.27. The zero-order valence-corrected chi connectivity index (χ0v) is 7.27. The Balaban J connectivity index is 2.56. The molecule has 1 rings (SSSR count). The van der Waals surface area contributed by atoms with E-state index in [1.807, 2.05) is 5.32 Å². The number of amides is 1. The summed E-state index contributed by atoms with van der Waals surface area (Å²) in [7, 11) is 0. The van der Waals surface area contributed by atoms with Crippen molar-refractivity contribution in [3.05, 3.63) is 35.6 Å². The van der Waals surface area contributed by atoms with Gasteiger partial charge in [-0.2, -0.15) is 0 Å². The third-order valence-electron chi connectivity index (χ3n) is 1.70. The van der Waals surface area contributed by atoms with E-state index in [4.69, 9.17) is 5.11 Å². The molecule has 76 valence electrons. The number of benzene rings is 1. The van der Waals surface area contributed by atoms with Gasteiger partial charge in [-0.3, -0.25) is 0 Å². The Morgan fingerprint density at radius 1 is 1.43 bits per heavy atom. The highest BCUT2D eigenvalue weighted by molar-refractivity contribution is 5.64.